The zero-order valence-electron chi connectivity index (χ0n) is 18.0. The van der Waals surface area contributed by atoms with E-state index in [4.69, 9.17) is 4.74 Å². The number of rotatable bonds is 6. The lowest BCUT2D eigenvalue weighted by atomic mass is 10.1. The number of para-hydroxylation sites is 1. The lowest BCUT2D eigenvalue weighted by Gasteiger charge is -2.09. The third-order valence-electron chi connectivity index (χ3n) is 5.58. The quantitative estimate of drug-likeness (QED) is 0.386. The highest BCUT2D eigenvalue weighted by Gasteiger charge is 2.10. The molecule has 0 amide bonds. The number of benzene rings is 3. The molecule has 32 heavy (non-hydrogen) atoms. The fourth-order valence-electron chi connectivity index (χ4n) is 3.98. The molecular weight excluding hydrogens is 398 g/mol. The lowest BCUT2D eigenvalue weighted by Crippen LogP contribution is -2.03. The van der Waals surface area contributed by atoms with E-state index in [1.165, 1.54) is 16.7 Å². The van der Waals surface area contributed by atoms with Gasteiger partial charge >= 0.3 is 0 Å². The molecule has 1 aromatic heterocycles. The van der Waals surface area contributed by atoms with Crippen LogP contribution in [0.15, 0.2) is 84.4 Å². The Kier molecular flexibility index (Phi) is 6.73. The Hall–Kier alpha value is -3.76. The van der Waals surface area contributed by atoms with Crippen LogP contribution in [0.3, 0.4) is 0 Å². The minimum absolute atomic E-state index is 0.617. The van der Waals surface area contributed by atoms with E-state index in [9.17, 15) is 9.59 Å². The predicted molar refractivity (Wildman–Crippen MR) is 128 cm³/mol. The summed E-state index contributed by atoms with van der Waals surface area (Å²) in [6, 6.07) is 26.4. The molecule has 0 saturated heterocycles. The SMILES string of the molecule is COCc1ccc(Cn2c(C=O)cc3ccccc32)cc1.O=CC1=Cc2ccccc2C1. The highest BCUT2D eigenvalue weighted by molar-refractivity contribution is 5.89. The van der Waals surface area contributed by atoms with Crippen molar-refractivity contribution in [3.63, 3.8) is 0 Å². The van der Waals surface area contributed by atoms with Crippen LogP contribution >= 0.6 is 0 Å². The number of hydrogen-bond donors (Lipinski definition) is 0. The van der Waals surface area contributed by atoms with Gasteiger partial charge in [-0.15, -0.1) is 0 Å². The average molecular weight is 424 g/mol. The summed E-state index contributed by atoms with van der Waals surface area (Å²) in [6.07, 6.45) is 4.60. The predicted octanol–water partition coefficient (Wildman–Crippen LogP) is 5.47. The molecule has 4 heteroatoms. The van der Waals surface area contributed by atoms with E-state index >= 15 is 0 Å². The first-order valence-electron chi connectivity index (χ1n) is 10.6. The van der Waals surface area contributed by atoms with Crippen molar-refractivity contribution < 1.29 is 14.3 Å². The average Bonchev–Trinajstić information content (AvgIpc) is 3.42. The topological polar surface area (TPSA) is 48.3 Å². The van der Waals surface area contributed by atoms with Gasteiger partial charge < -0.3 is 9.30 Å². The molecular formula is C28H25NO3. The number of ether oxygens (including phenoxy) is 1. The maximum Gasteiger partial charge on any atom is 0.166 e. The van der Waals surface area contributed by atoms with E-state index in [1.54, 1.807) is 7.11 Å². The van der Waals surface area contributed by atoms with Crippen molar-refractivity contribution in [1.29, 1.82) is 0 Å². The Balaban J connectivity index is 0.000000186. The van der Waals surface area contributed by atoms with Crippen molar-refractivity contribution in [2.24, 2.45) is 0 Å². The Labute approximate surface area is 187 Å². The van der Waals surface area contributed by atoms with Gasteiger partial charge in [0.2, 0.25) is 0 Å². The molecule has 4 aromatic rings. The third kappa shape index (κ3) is 4.76. The van der Waals surface area contributed by atoms with Crippen LogP contribution in [0.4, 0.5) is 0 Å². The summed E-state index contributed by atoms with van der Waals surface area (Å²) in [7, 11) is 1.69. The minimum Gasteiger partial charge on any atom is -0.380 e. The van der Waals surface area contributed by atoms with E-state index in [0.717, 1.165) is 41.0 Å². The van der Waals surface area contributed by atoms with Crippen molar-refractivity contribution in [2.75, 3.05) is 7.11 Å². The summed E-state index contributed by atoms with van der Waals surface area (Å²) in [4.78, 5) is 21.7. The molecule has 1 aliphatic carbocycles. The zero-order chi connectivity index (χ0) is 22.3. The normalized spacial score (nSPS) is 12.0. The van der Waals surface area contributed by atoms with Crippen molar-refractivity contribution in [3.05, 3.63) is 112 Å². The van der Waals surface area contributed by atoms with Gasteiger partial charge in [-0.05, 0) is 46.0 Å². The summed E-state index contributed by atoms with van der Waals surface area (Å²) in [5, 5.41) is 1.09. The fourth-order valence-corrected chi connectivity index (χ4v) is 3.98. The molecule has 0 saturated carbocycles. The first-order chi connectivity index (χ1) is 15.7. The molecule has 160 valence electrons. The number of hydrogen-bond acceptors (Lipinski definition) is 3. The van der Waals surface area contributed by atoms with Crippen LogP contribution in [0.25, 0.3) is 17.0 Å². The first kappa shape index (κ1) is 21.5. The Morgan fingerprint density at radius 2 is 1.59 bits per heavy atom. The van der Waals surface area contributed by atoms with Gasteiger partial charge in [0.05, 0.1) is 12.3 Å². The molecule has 0 spiro atoms. The first-order valence-corrected chi connectivity index (χ1v) is 10.6. The summed E-state index contributed by atoms with van der Waals surface area (Å²) in [5.41, 5.74) is 7.43. The maximum atomic E-state index is 11.3. The van der Waals surface area contributed by atoms with Crippen molar-refractivity contribution in [2.45, 2.75) is 19.6 Å². The van der Waals surface area contributed by atoms with Crippen LogP contribution in [0.5, 0.6) is 0 Å². The molecule has 0 N–H and O–H groups in total. The summed E-state index contributed by atoms with van der Waals surface area (Å²) in [6.45, 7) is 1.31. The smallest absolute Gasteiger partial charge is 0.166 e. The van der Waals surface area contributed by atoms with Crippen LogP contribution in [-0.4, -0.2) is 24.2 Å². The van der Waals surface area contributed by atoms with E-state index in [1.807, 2.05) is 59.2 Å². The van der Waals surface area contributed by atoms with E-state index in [2.05, 4.69) is 30.3 Å². The van der Waals surface area contributed by atoms with Crippen LogP contribution in [0, 0.1) is 0 Å². The minimum atomic E-state index is 0.617. The van der Waals surface area contributed by atoms with Gasteiger partial charge in [-0.1, -0.05) is 66.7 Å². The summed E-state index contributed by atoms with van der Waals surface area (Å²) >= 11 is 0. The number of fused-ring (bicyclic) bond motifs is 2. The number of aromatic nitrogens is 1. The monoisotopic (exact) mass is 423 g/mol. The van der Waals surface area contributed by atoms with Crippen molar-refractivity contribution >= 4 is 29.6 Å². The number of allylic oxidation sites excluding steroid dienone is 1. The molecule has 0 unspecified atom stereocenters. The maximum absolute atomic E-state index is 11.3. The van der Waals surface area contributed by atoms with Crippen molar-refractivity contribution in [1.82, 2.24) is 4.57 Å². The summed E-state index contributed by atoms with van der Waals surface area (Å²) in [5.74, 6) is 0. The number of aldehydes is 2. The van der Waals surface area contributed by atoms with Gasteiger partial charge in [0, 0.05) is 31.0 Å². The largest absolute Gasteiger partial charge is 0.380 e. The fraction of sp³-hybridized carbons (Fsp3) is 0.143. The summed E-state index contributed by atoms with van der Waals surface area (Å²) < 4.78 is 7.17. The van der Waals surface area contributed by atoms with E-state index in [-0.39, 0.29) is 0 Å². The highest BCUT2D eigenvalue weighted by Crippen LogP contribution is 2.23. The second-order valence-corrected chi connectivity index (χ2v) is 7.79. The number of nitrogens with zero attached hydrogens (tertiary/aromatic N) is 1. The Morgan fingerprint density at radius 1 is 0.875 bits per heavy atom. The van der Waals surface area contributed by atoms with Crippen LogP contribution in [0.1, 0.15) is 32.7 Å². The van der Waals surface area contributed by atoms with Gasteiger partial charge in [0.15, 0.2) is 6.29 Å². The molecule has 5 rings (SSSR count). The highest BCUT2D eigenvalue weighted by atomic mass is 16.5. The second-order valence-electron chi connectivity index (χ2n) is 7.79. The molecule has 0 radical (unpaired) electrons. The van der Waals surface area contributed by atoms with Gasteiger partial charge in [-0.25, -0.2) is 0 Å². The van der Waals surface area contributed by atoms with E-state index in [0.29, 0.717) is 18.8 Å². The number of carbonyl (C=O) groups is 2. The van der Waals surface area contributed by atoms with Crippen LogP contribution < -0.4 is 0 Å². The van der Waals surface area contributed by atoms with Gasteiger partial charge in [-0.3, -0.25) is 9.59 Å². The van der Waals surface area contributed by atoms with E-state index < -0.39 is 0 Å². The van der Waals surface area contributed by atoms with Crippen LogP contribution in [-0.2, 0) is 29.1 Å². The standard InChI is InChI=1S/C18H17NO2.C10H8O/c1-21-13-15-8-6-14(7-9-15)11-19-17(12-20)10-16-4-2-3-5-18(16)19;11-7-8-5-9-3-1-2-4-10(9)6-8/h2-10,12H,11,13H2,1H3;1-5,7H,6H2. The third-order valence-corrected chi connectivity index (χ3v) is 5.58. The van der Waals surface area contributed by atoms with Gasteiger partial charge in [-0.2, -0.15) is 0 Å². The second kappa shape index (κ2) is 10.0. The molecule has 0 aliphatic heterocycles. The number of carbonyl (C=O) groups excluding carboxylic acids is 2. The number of methoxy groups -OCH3 is 1. The van der Waals surface area contributed by atoms with Gasteiger partial charge in [0.25, 0.3) is 0 Å². The Bertz CT molecular complexity index is 1270. The lowest BCUT2D eigenvalue weighted by molar-refractivity contribution is -0.104. The molecule has 1 aliphatic rings. The molecule has 1 heterocycles. The molecule has 3 aromatic carbocycles. The molecule has 0 bridgehead atoms. The van der Waals surface area contributed by atoms with Gasteiger partial charge in [0.1, 0.15) is 6.29 Å². The molecule has 0 fully saturated rings. The zero-order valence-corrected chi connectivity index (χ0v) is 18.0. The van der Waals surface area contributed by atoms with Crippen LogP contribution in [0.2, 0.25) is 0 Å². The Morgan fingerprint density at radius 3 is 2.31 bits per heavy atom. The van der Waals surface area contributed by atoms with Crippen molar-refractivity contribution in [3.8, 4) is 0 Å². The molecule has 0 atom stereocenters. The molecule has 4 nitrogen and oxygen atoms in total.